The Labute approximate surface area is 175 Å². The van der Waals surface area contributed by atoms with Gasteiger partial charge < -0.3 is 15.0 Å². The number of carbonyl (C=O) groups is 2. The second-order valence-electron chi connectivity index (χ2n) is 7.34. The van der Waals surface area contributed by atoms with Gasteiger partial charge in [0, 0.05) is 44.8 Å². The van der Waals surface area contributed by atoms with Gasteiger partial charge >= 0.3 is 0 Å². The highest BCUT2D eigenvalue weighted by Crippen LogP contribution is 2.33. The van der Waals surface area contributed by atoms with Crippen LogP contribution in [0.4, 0.5) is 5.69 Å². The average Bonchev–Trinajstić information content (AvgIpc) is 2.74. The van der Waals surface area contributed by atoms with Crippen LogP contribution >= 0.6 is 11.6 Å². The molecule has 6 nitrogen and oxygen atoms in total. The third-order valence-corrected chi connectivity index (χ3v) is 5.80. The van der Waals surface area contributed by atoms with Crippen LogP contribution in [0.15, 0.2) is 48.5 Å². The Balaban J connectivity index is 1.29. The van der Waals surface area contributed by atoms with Crippen molar-refractivity contribution in [3.8, 4) is 5.75 Å². The maximum absolute atomic E-state index is 13.1. The normalized spacial score (nSPS) is 19.4. The van der Waals surface area contributed by atoms with Gasteiger partial charge in [0.05, 0.1) is 10.9 Å². The fourth-order valence-corrected chi connectivity index (χ4v) is 4.08. The predicted molar refractivity (Wildman–Crippen MR) is 112 cm³/mol. The van der Waals surface area contributed by atoms with Gasteiger partial charge in [-0.05, 0) is 23.8 Å². The van der Waals surface area contributed by atoms with Crippen molar-refractivity contribution in [1.29, 1.82) is 0 Å². The second kappa shape index (κ2) is 8.84. The van der Waals surface area contributed by atoms with Gasteiger partial charge in [0.25, 0.3) is 0 Å². The molecule has 1 saturated heterocycles. The molecule has 4 rings (SSSR count). The summed E-state index contributed by atoms with van der Waals surface area (Å²) in [4.78, 5) is 29.3. The summed E-state index contributed by atoms with van der Waals surface area (Å²) in [6, 6.07) is 15.0. The number of nitrogens with zero attached hydrogens (tertiary/aromatic N) is 2. The lowest BCUT2D eigenvalue weighted by atomic mass is 9.89. The minimum atomic E-state index is -0.393. The molecule has 0 spiro atoms. The molecule has 2 amide bonds. The highest BCUT2D eigenvalue weighted by molar-refractivity contribution is 6.32. The van der Waals surface area contributed by atoms with E-state index in [9.17, 15) is 9.59 Å². The summed E-state index contributed by atoms with van der Waals surface area (Å²) >= 11 is 6.11. The van der Waals surface area contributed by atoms with Crippen LogP contribution in [-0.4, -0.2) is 60.9 Å². The molecule has 2 heterocycles. The molecule has 1 atom stereocenters. The van der Waals surface area contributed by atoms with E-state index < -0.39 is 5.92 Å². The highest BCUT2D eigenvalue weighted by Gasteiger charge is 2.34. The van der Waals surface area contributed by atoms with Crippen LogP contribution < -0.4 is 10.1 Å². The van der Waals surface area contributed by atoms with E-state index in [4.69, 9.17) is 16.3 Å². The van der Waals surface area contributed by atoms with Crippen molar-refractivity contribution in [3.05, 3.63) is 59.1 Å². The maximum Gasteiger partial charge on any atom is 0.230 e. The van der Waals surface area contributed by atoms with E-state index in [0.717, 1.165) is 30.9 Å². The third-order valence-electron chi connectivity index (χ3n) is 5.48. The third kappa shape index (κ3) is 4.54. The minimum Gasteiger partial charge on any atom is -0.491 e. The lowest BCUT2D eigenvalue weighted by molar-refractivity contribution is -0.136. The molecule has 2 aromatic carbocycles. The Bertz CT molecular complexity index is 896. The second-order valence-corrected chi connectivity index (χ2v) is 7.75. The molecule has 1 N–H and O–H groups in total. The van der Waals surface area contributed by atoms with E-state index in [2.05, 4.69) is 10.2 Å². The molecule has 7 heteroatoms. The van der Waals surface area contributed by atoms with Crippen molar-refractivity contribution in [1.82, 2.24) is 9.80 Å². The summed E-state index contributed by atoms with van der Waals surface area (Å²) < 4.78 is 5.76. The molecule has 0 radical (unpaired) electrons. The topological polar surface area (TPSA) is 61.9 Å². The molecule has 0 aromatic heterocycles. The van der Waals surface area contributed by atoms with Gasteiger partial charge in [0.2, 0.25) is 11.8 Å². The SMILES string of the molecule is O=C1CC(C(=O)N2CCN(CCOc3ccccc3Cl)CC2)c2ccccc2N1. The van der Waals surface area contributed by atoms with Gasteiger partial charge in [-0.2, -0.15) is 0 Å². The van der Waals surface area contributed by atoms with Crippen molar-refractivity contribution in [3.63, 3.8) is 0 Å². The van der Waals surface area contributed by atoms with Crippen LogP contribution in [0.5, 0.6) is 5.75 Å². The molecule has 29 heavy (non-hydrogen) atoms. The van der Waals surface area contributed by atoms with Crippen LogP contribution in [-0.2, 0) is 9.59 Å². The van der Waals surface area contributed by atoms with Gasteiger partial charge in [-0.25, -0.2) is 0 Å². The van der Waals surface area contributed by atoms with E-state index in [1.807, 2.05) is 53.4 Å². The van der Waals surface area contributed by atoms with Crippen molar-refractivity contribution < 1.29 is 14.3 Å². The predicted octanol–water partition coefficient (Wildman–Crippen LogP) is 2.99. The molecule has 1 fully saturated rings. The van der Waals surface area contributed by atoms with E-state index in [1.165, 1.54) is 0 Å². The quantitative estimate of drug-likeness (QED) is 0.818. The first kappa shape index (κ1) is 19.7. The van der Waals surface area contributed by atoms with Crippen LogP contribution in [0, 0.1) is 0 Å². The molecule has 0 saturated carbocycles. The number of ether oxygens (including phenoxy) is 1. The first-order valence-electron chi connectivity index (χ1n) is 9.89. The Morgan fingerprint density at radius 3 is 2.59 bits per heavy atom. The molecular formula is C22H24ClN3O3. The number of benzene rings is 2. The number of para-hydroxylation sites is 2. The average molecular weight is 414 g/mol. The first-order valence-corrected chi connectivity index (χ1v) is 10.3. The number of fused-ring (bicyclic) bond motifs is 1. The molecule has 2 aliphatic rings. The van der Waals surface area contributed by atoms with E-state index in [1.54, 1.807) is 0 Å². The summed E-state index contributed by atoms with van der Waals surface area (Å²) in [6.07, 6.45) is 0.210. The van der Waals surface area contributed by atoms with E-state index in [0.29, 0.717) is 30.5 Å². The molecular weight excluding hydrogens is 390 g/mol. The molecule has 0 bridgehead atoms. The number of rotatable bonds is 5. The van der Waals surface area contributed by atoms with Crippen LogP contribution in [0.2, 0.25) is 5.02 Å². The number of anilines is 1. The summed E-state index contributed by atoms with van der Waals surface area (Å²) in [6.45, 7) is 4.22. The van der Waals surface area contributed by atoms with E-state index >= 15 is 0 Å². The number of hydrogen-bond acceptors (Lipinski definition) is 4. The van der Waals surface area contributed by atoms with E-state index in [-0.39, 0.29) is 18.2 Å². The Hall–Kier alpha value is -2.57. The van der Waals surface area contributed by atoms with Crippen molar-refractivity contribution in [2.75, 3.05) is 44.6 Å². The summed E-state index contributed by atoms with van der Waals surface area (Å²) in [5.41, 5.74) is 1.66. The van der Waals surface area contributed by atoms with Gasteiger partial charge in [0.1, 0.15) is 12.4 Å². The zero-order valence-electron chi connectivity index (χ0n) is 16.1. The van der Waals surface area contributed by atoms with Gasteiger partial charge in [-0.1, -0.05) is 41.9 Å². The molecule has 1 unspecified atom stereocenters. The maximum atomic E-state index is 13.1. The molecule has 2 aliphatic heterocycles. The summed E-state index contributed by atoms with van der Waals surface area (Å²) in [5.74, 6) is 0.240. The fraction of sp³-hybridized carbons (Fsp3) is 0.364. The van der Waals surface area contributed by atoms with Crippen molar-refractivity contribution in [2.24, 2.45) is 0 Å². The largest absolute Gasteiger partial charge is 0.491 e. The number of halogens is 1. The molecule has 152 valence electrons. The molecule has 2 aromatic rings. The lowest BCUT2D eigenvalue weighted by Crippen LogP contribution is -2.51. The smallest absolute Gasteiger partial charge is 0.230 e. The van der Waals surface area contributed by atoms with Crippen molar-refractivity contribution >= 4 is 29.1 Å². The number of nitrogens with one attached hydrogen (secondary N) is 1. The number of piperazine rings is 1. The number of hydrogen-bond donors (Lipinski definition) is 1. The fourth-order valence-electron chi connectivity index (χ4n) is 3.89. The highest BCUT2D eigenvalue weighted by atomic mass is 35.5. The number of amides is 2. The monoisotopic (exact) mass is 413 g/mol. The van der Waals surface area contributed by atoms with Crippen molar-refractivity contribution in [2.45, 2.75) is 12.3 Å². The zero-order chi connectivity index (χ0) is 20.2. The summed E-state index contributed by atoms with van der Waals surface area (Å²) in [5, 5.41) is 3.46. The zero-order valence-corrected chi connectivity index (χ0v) is 16.9. The van der Waals surface area contributed by atoms with Crippen LogP contribution in [0.1, 0.15) is 17.9 Å². The van der Waals surface area contributed by atoms with Crippen LogP contribution in [0.25, 0.3) is 0 Å². The molecule has 0 aliphatic carbocycles. The van der Waals surface area contributed by atoms with Crippen LogP contribution in [0.3, 0.4) is 0 Å². The Morgan fingerprint density at radius 2 is 1.79 bits per heavy atom. The van der Waals surface area contributed by atoms with Gasteiger partial charge in [0.15, 0.2) is 0 Å². The Kier molecular flexibility index (Phi) is 6.02. The summed E-state index contributed by atoms with van der Waals surface area (Å²) in [7, 11) is 0. The standard InChI is InChI=1S/C22H24ClN3O3/c23-18-6-2-4-8-20(18)29-14-13-25-9-11-26(12-10-25)22(28)17-15-21(27)24-19-7-3-1-5-16(17)19/h1-8,17H,9-15H2,(H,24,27). The van der Waals surface area contributed by atoms with Gasteiger partial charge in [-0.15, -0.1) is 0 Å². The first-order chi connectivity index (χ1) is 14.1. The minimum absolute atomic E-state index is 0.0410. The number of carbonyl (C=O) groups excluding carboxylic acids is 2. The Morgan fingerprint density at radius 1 is 1.07 bits per heavy atom. The lowest BCUT2D eigenvalue weighted by Gasteiger charge is -2.37. The van der Waals surface area contributed by atoms with Gasteiger partial charge in [-0.3, -0.25) is 14.5 Å².